The largest absolute Gasteiger partial charge is 0.395 e. The summed E-state index contributed by atoms with van der Waals surface area (Å²) in [5.41, 5.74) is 1.73. The molecule has 5 heteroatoms. The molecular formula is C12H12ClN3O. The van der Waals surface area contributed by atoms with Gasteiger partial charge in [0.15, 0.2) is 0 Å². The second-order valence-corrected chi connectivity index (χ2v) is 3.76. The molecule has 1 aromatic heterocycles. The van der Waals surface area contributed by atoms with Gasteiger partial charge in [0.25, 0.3) is 0 Å². The molecule has 2 aromatic rings. The number of aliphatic hydroxyl groups is 1. The van der Waals surface area contributed by atoms with Crippen LogP contribution in [0.25, 0.3) is 11.3 Å². The molecule has 1 aromatic carbocycles. The number of nitrogens with zero attached hydrogens (tertiary/aromatic N) is 2. The molecule has 0 aliphatic rings. The van der Waals surface area contributed by atoms with Crippen LogP contribution < -0.4 is 5.32 Å². The van der Waals surface area contributed by atoms with Crippen LogP contribution in [-0.4, -0.2) is 28.2 Å². The minimum atomic E-state index is 0.0439. The number of benzene rings is 1. The first-order chi connectivity index (χ1) is 8.29. The van der Waals surface area contributed by atoms with Crippen LogP contribution in [0.15, 0.2) is 36.4 Å². The van der Waals surface area contributed by atoms with E-state index in [-0.39, 0.29) is 11.9 Å². The second-order valence-electron chi connectivity index (χ2n) is 3.42. The fourth-order valence-electron chi connectivity index (χ4n) is 1.45. The summed E-state index contributed by atoms with van der Waals surface area (Å²) in [6.45, 7) is 0.476. The predicted octanol–water partition coefficient (Wildman–Crippen LogP) is 2.20. The zero-order valence-electron chi connectivity index (χ0n) is 9.10. The molecule has 0 atom stereocenters. The summed E-state index contributed by atoms with van der Waals surface area (Å²) in [6.07, 6.45) is 0. The molecule has 0 saturated carbocycles. The Labute approximate surface area is 104 Å². The van der Waals surface area contributed by atoms with Crippen molar-refractivity contribution >= 4 is 17.4 Å². The molecule has 1 heterocycles. The number of rotatable bonds is 4. The van der Waals surface area contributed by atoms with E-state index < -0.39 is 0 Å². The molecule has 0 amide bonds. The Bertz CT molecular complexity index is 490. The Kier molecular flexibility index (Phi) is 3.90. The molecule has 0 bridgehead atoms. The van der Waals surface area contributed by atoms with Crippen molar-refractivity contribution in [1.29, 1.82) is 0 Å². The third-order valence-electron chi connectivity index (χ3n) is 2.19. The molecule has 0 fully saturated rings. The van der Waals surface area contributed by atoms with Crippen molar-refractivity contribution in [3.8, 4) is 11.3 Å². The number of anilines is 1. The van der Waals surface area contributed by atoms with Gasteiger partial charge in [-0.25, -0.2) is 9.97 Å². The predicted molar refractivity (Wildman–Crippen MR) is 68.1 cm³/mol. The van der Waals surface area contributed by atoms with E-state index in [1.165, 1.54) is 0 Å². The molecule has 0 aliphatic heterocycles. The lowest BCUT2D eigenvalue weighted by Gasteiger charge is -2.06. The van der Waals surface area contributed by atoms with E-state index in [2.05, 4.69) is 15.3 Å². The number of hydrogen-bond donors (Lipinski definition) is 2. The van der Waals surface area contributed by atoms with Crippen LogP contribution in [0.4, 0.5) is 5.82 Å². The fourth-order valence-corrected chi connectivity index (χ4v) is 1.63. The number of halogens is 1. The summed E-state index contributed by atoms with van der Waals surface area (Å²) in [5.74, 6) is 0.609. The third kappa shape index (κ3) is 3.15. The summed E-state index contributed by atoms with van der Waals surface area (Å²) < 4.78 is 0. The number of aromatic nitrogens is 2. The average Bonchev–Trinajstić information content (AvgIpc) is 2.37. The van der Waals surface area contributed by atoms with Crippen molar-refractivity contribution in [3.63, 3.8) is 0 Å². The molecule has 17 heavy (non-hydrogen) atoms. The van der Waals surface area contributed by atoms with Gasteiger partial charge in [-0.05, 0) is 11.6 Å². The summed E-state index contributed by atoms with van der Waals surface area (Å²) >= 11 is 5.85. The molecule has 0 radical (unpaired) electrons. The van der Waals surface area contributed by atoms with Gasteiger partial charge in [0, 0.05) is 18.2 Å². The van der Waals surface area contributed by atoms with Crippen LogP contribution in [0.1, 0.15) is 0 Å². The number of aliphatic hydroxyl groups excluding tert-OH is 1. The van der Waals surface area contributed by atoms with Crippen LogP contribution in [0.5, 0.6) is 0 Å². The summed E-state index contributed by atoms with van der Waals surface area (Å²) in [6, 6.07) is 11.5. The van der Waals surface area contributed by atoms with Crippen molar-refractivity contribution in [2.24, 2.45) is 0 Å². The van der Waals surface area contributed by atoms with E-state index in [0.717, 1.165) is 11.3 Å². The van der Waals surface area contributed by atoms with Gasteiger partial charge in [-0.15, -0.1) is 0 Å². The van der Waals surface area contributed by atoms with E-state index in [9.17, 15) is 0 Å². The van der Waals surface area contributed by atoms with Crippen molar-refractivity contribution in [1.82, 2.24) is 9.97 Å². The summed E-state index contributed by atoms with van der Waals surface area (Å²) in [5, 5.41) is 11.9. The molecule has 4 nitrogen and oxygen atoms in total. The van der Waals surface area contributed by atoms with E-state index in [0.29, 0.717) is 12.4 Å². The highest BCUT2D eigenvalue weighted by molar-refractivity contribution is 6.28. The van der Waals surface area contributed by atoms with Crippen molar-refractivity contribution in [2.75, 3.05) is 18.5 Å². The lowest BCUT2D eigenvalue weighted by atomic mass is 10.1. The molecule has 0 aliphatic carbocycles. The zero-order valence-corrected chi connectivity index (χ0v) is 9.85. The first-order valence-corrected chi connectivity index (χ1v) is 5.62. The molecule has 2 rings (SSSR count). The highest BCUT2D eigenvalue weighted by Gasteiger charge is 2.04. The highest BCUT2D eigenvalue weighted by Crippen LogP contribution is 2.20. The van der Waals surface area contributed by atoms with Crippen LogP contribution in [-0.2, 0) is 0 Å². The second kappa shape index (κ2) is 5.61. The SMILES string of the molecule is OCCNc1cc(-c2ccccc2)nc(Cl)n1. The maximum absolute atomic E-state index is 8.74. The van der Waals surface area contributed by atoms with Crippen molar-refractivity contribution in [2.45, 2.75) is 0 Å². The average molecular weight is 250 g/mol. The van der Waals surface area contributed by atoms with E-state index in [4.69, 9.17) is 16.7 Å². The van der Waals surface area contributed by atoms with E-state index >= 15 is 0 Å². The normalized spacial score (nSPS) is 10.2. The first-order valence-electron chi connectivity index (χ1n) is 5.24. The van der Waals surface area contributed by atoms with Gasteiger partial charge in [-0.2, -0.15) is 0 Å². The van der Waals surface area contributed by atoms with E-state index in [1.54, 1.807) is 6.07 Å². The Hall–Kier alpha value is -1.65. The highest BCUT2D eigenvalue weighted by atomic mass is 35.5. The molecule has 0 saturated heterocycles. The van der Waals surface area contributed by atoms with Crippen molar-refractivity contribution < 1.29 is 5.11 Å². The minimum Gasteiger partial charge on any atom is -0.395 e. The minimum absolute atomic E-state index is 0.0439. The van der Waals surface area contributed by atoms with Crippen LogP contribution in [0.2, 0.25) is 5.28 Å². The molecule has 0 spiro atoms. The lowest BCUT2D eigenvalue weighted by Crippen LogP contribution is -2.07. The monoisotopic (exact) mass is 249 g/mol. The van der Waals surface area contributed by atoms with Gasteiger partial charge in [-0.3, -0.25) is 0 Å². The standard InChI is InChI=1S/C12H12ClN3O/c13-12-15-10(9-4-2-1-3-5-9)8-11(16-12)14-6-7-17/h1-5,8,17H,6-7H2,(H,14,15,16). The molecular weight excluding hydrogens is 238 g/mol. The van der Waals surface area contributed by atoms with Gasteiger partial charge < -0.3 is 10.4 Å². The Morgan fingerprint density at radius 1 is 1.18 bits per heavy atom. The Balaban J connectivity index is 2.32. The first kappa shape index (κ1) is 11.8. The molecule has 0 unspecified atom stereocenters. The Morgan fingerprint density at radius 2 is 1.94 bits per heavy atom. The van der Waals surface area contributed by atoms with Crippen LogP contribution in [0.3, 0.4) is 0 Å². The Morgan fingerprint density at radius 3 is 2.65 bits per heavy atom. The van der Waals surface area contributed by atoms with Gasteiger partial charge in [0.2, 0.25) is 5.28 Å². The van der Waals surface area contributed by atoms with Crippen LogP contribution in [0, 0.1) is 0 Å². The fraction of sp³-hybridized carbons (Fsp3) is 0.167. The topological polar surface area (TPSA) is 58.0 Å². The molecule has 2 N–H and O–H groups in total. The third-order valence-corrected chi connectivity index (χ3v) is 2.36. The number of hydrogen-bond acceptors (Lipinski definition) is 4. The lowest BCUT2D eigenvalue weighted by molar-refractivity contribution is 0.311. The summed E-state index contributed by atoms with van der Waals surface area (Å²) in [4.78, 5) is 8.19. The molecule has 88 valence electrons. The van der Waals surface area contributed by atoms with Crippen molar-refractivity contribution in [3.05, 3.63) is 41.7 Å². The zero-order chi connectivity index (χ0) is 12.1. The van der Waals surface area contributed by atoms with Gasteiger partial charge >= 0.3 is 0 Å². The maximum atomic E-state index is 8.74. The van der Waals surface area contributed by atoms with E-state index in [1.807, 2.05) is 30.3 Å². The van der Waals surface area contributed by atoms with Gasteiger partial charge in [0.05, 0.1) is 12.3 Å². The summed E-state index contributed by atoms with van der Waals surface area (Å²) in [7, 11) is 0. The quantitative estimate of drug-likeness (QED) is 0.816. The van der Waals surface area contributed by atoms with Gasteiger partial charge in [0.1, 0.15) is 5.82 Å². The smallest absolute Gasteiger partial charge is 0.224 e. The maximum Gasteiger partial charge on any atom is 0.224 e. The van der Waals surface area contributed by atoms with Crippen LogP contribution >= 0.6 is 11.6 Å². The number of nitrogens with one attached hydrogen (secondary N) is 1. The van der Waals surface area contributed by atoms with Gasteiger partial charge in [-0.1, -0.05) is 30.3 Å².